The zero-order valence-electron chi connectivity index (χ0n) is 64.8. The van der Waals surface area contributed by atoms with Gasteiger partial charge in [0.25, 0.3) is 0 Å². The number of benzene rings is 8. The van der Waals surface area contributed by atoms with Gasteiger partial charge in [-0.15, -0.1) is 0 Å². The fourth-order valence-corrected chi connectivity index (χ4v) is 16.7. The summed E-state index contributed by atoms with van der Waals surface area (Å²) >= 11 is 6.68. The monoisotopic (exact) mass is 1880 g/mol. The standard InChI is InChI=1S/C22H26F3N3O3S.C20H25N3O3S.C14H14BrNO2S.C7H8BrN.C7H7ClO2S.C6H12N2O.C3H5F3O3S/c1-18(29)26-11-13-27(14-12-26)21-9-7-19(8-10-21)15-28(17-22(23,24)25)32(30,31)16-20-5-3-2-4-6-20;1-17(24)22-11-13-23(14-12-22)20-9-7-18(8-10-20)15-21-27(25,26)16-19-5-3-2-4-6-19;15-14-8-6-12(7-9-14)10-16-19(17,18)11-13-4-2-1-3-5-13;8-7-3-1-6(5-9)2-4-7;8-11(9,10)6-7-4-2-1-3-5-7;1-6(9)8-4-2-7-3-5-8;1-2-9-10(7,8)3(4,5)6/h2-10H,11-17H2,1H3;2-10,21H,11-16H2,1H3;1-9,16H,10-11H2;1-4H,5,9H2;1-5H,6H2;7H,2-5H2,1H3;2H2,1H3. The summed E-state index contributed by atoms with van der Waals surface area (Å²) < 4.78 is 199. The molecule has 5 N–H and O–H groups in total. The fraction of sp³-hybridized carbons (Fsp3) is 0.354. The van der Waals surface area contributed by atoms with Gasteiger partial charge in [-0.3, -0.25) is 18.6 Å². The molecule has 24 nitrogen and oxygen atoms in total. The average Bonchev–Trinajstić information content (AvgIpc) is 0.819. The first-order valence-corrected chi connectivity index (χ1v) is 46.8. The zero-order chi connectivity index (χ0) is 86.5. The van der Waals surface area contributed by atoms with E-state index in [0.717, 1.165) is 102 Å². The molecular formula is C79H97Br2ClF6N10O14S5. The molecule has 0 atom stereocenters. The van der Waals surface area contributed by atoms with Crippen LogP contribution in [0, 0.1) is 0 Å². The Kier molecular flexibility index (Phi) is 41.7. The van der Waals surface area contributed by atoms with Crippen molar-refractivity contribution in [1.82, 2.24) is 33.8 Å². The Morgan fingerprint density at radius 1 is 0.444 bits per heavy atom. The lowest BCUT2D eigenvalue weighted by Crippen LogP contribution is -2.48. The van der Waals surface area contributed by atoms with E-state index in [9.17, 15) is 82.8 Å². The number of nitrogens with one attached hydrogen (secondary N) is 3. The molecule has 0 bridgehead atoms. The number of rotatable bonds is 23. The number of carbonyl (C=O) groups excluding carboxylic acids is 3. The summed E-state index contributed by atoms with van der Waals surface area (Å²) in [6, 6.07) is 65.5. The van der Waals surface area contributed by atoms with Gasteiger partial charge >= 0.3 is 21.8 Å². The van der Waals surface area contributed by atoms with Crippen LogP contribution in [-0.2, 0) is 117 Å². The second-order valence-corrected chi connectivity index (χ2v) is 38.1. The Labute approximate surface area is 704 Å². The summed E-state index contributed by atoms with van der Waals surface area (Å²) in [6.45, 7) is 13.9. The number of hydrogen-bond acceptors (Lipinski definition) is 18. The first-order chi connectivity index (χ1) is 55.0. The van der Waals surface area contributed by atoms with E-state index in [0.29, 0.717) is 60.3 Å². The summed E-state index contributed by atoms with van der Waals surface area (Å²) in [4.78, 5) is 43.4. The smallest absolute Gasteiger partial charge is 0.368 e. The number of halogens is 9. The molecule has 0 aromatic heterocycles. The highest BCUT2D eigenvalue weighted by Gasteiger charge is 2.47. The summed E-state index contributed by atoms with van der Waals surface area (Å²) in [5, 5.41) is 3.18. The second-order valence-electron chi connectivity index (χ2n) is 26.3. The topological polar surface area (TPSA) is 313 Å². The third kappa shape index (κ3) is 40.2. The van der Waals surface area contributed by atoms with E-state index in [1.165, 1.54) is 12.5 Å². The van der Waals surface area contributed by atoms with Crippen molar-refractivity contribution in [3.8, 4) is 0 Å². The van der Waals surface area contributed by atoms with E-state index < -0.39 is 79.8 Å². The third-order valence-corrected chi connectivity index (χ3v) is 24.6. The van der Waals surface area contributed by atoms with Crippen LogP contribution in [0.3, 0.4) is 0 Å². The van der Waals surface area contributed by atoms with Gasteiger partial charge in [0.1, 0.15) is 6.54 Å². The zero-order valence-corrected chi connectivity index (χ0v) is 72.8. The average molecular weight is 1880 g/mol. The van der Waals surface area contributed by atoms with Crippen LogP contribution in [0.5, 0.6) is 0 Å². The molecule has 8 aromatic rings. The molecule has 0 unspecified atom stereocenters. The molecule has 3 saturated heterocycles. The van der Waals surface area contributed by atoms with Crippen molar-refractivity contribution < 1.29 is 87.0 Å². The van der Waals surface area contributed by atoms with Crippen molar-refractivity contribution >= 4 is 121 Å². The summed E-state index contributed by atoms with van der Waals surface area (Å²) in [7, 11) is -14.6. The lowest BCUT2D eigenvalue weighted by Gasteiger charge is -2.35. The normalized spacial score (nSPS) is 14.0. The van der Waals surface area contributed by atoms with Gasteiger partial charge < -0.3 is 35.6 Å². The maximum atomic E-state index is 13.1. The van der Waals surface area contributed by atoms with E-state index in [1.807, 2.05) is 125 Å². The molecule has 640 valence electrons. The predicted octanol–water partition coefficient (Wildman–Crippen LogP) is 12.3. The highest BCUT2D eigenvalue weighted by molar-refractivity contribution is 9.10. The summed E-state index contributed by atoms with van der Waals surface area (Å²) in [5.74, 6) is -0.278. The molecule has 3 amide bonds. The van der Waals surface area contributed by atoms with Gasteiger partial charge in [-0.1, -0.05) is 202 Å². The highest BCUT2D eigenvalue weighted by atomic mass is 79.9. The molecule has 8 aromatic carbocycles. The van der Waals surface area contributed by atoms with E-state index in [4.69, 9.17) is 16.4 Å². The molecule has 3 aliphatic rings. The summed E-state index contributed by atoms with van der Waals surface area (Å²) in [5.41, 5.74) is 8.23. The van der Waals surface area contributed by atoms with Crippen molar-refractivity contribution in [3.05, 3.63) is 272 Å². The minimum atomic E-state index is -5.35. The SMILES string of the molecule is CC(=O)N1CCN(c2ccc(CN(CC(F)(F)F)S(=O)(=O)Cc3ccccc3)cc2)CC1.CC(=O)N1CCN(c2ccc(CNS(=O)(=O)Cc3ccccc3)cc2)CC1.CC(=O)N1CCNCC1.CCOS(=O)(=O)C(F)(F)F.NCc1ccc(Br)cc1.O=S(=O)(Cc1ccccc1)NCc1ccc(Br)cc1.O=S(=O)(Cl)Cc1ccccc1. The van der Waals surface area contributed by atoms with Gasteiger partial charge in [-0.05, 0) is 100.0 Å². The molecular weight excluding hydrogens is 1780 g/mol. The number of nitrogens with zero attached hydrogens (tertiary/aromatic N) is 6. The van der Waals surface area contributed by atoms with Gasteiger partial charge in [0.05, 0.1) is 29.6 Å². The number of carbonyl (C=O) groups is 3. The van der Waals surface area contributed by atoms with Crippen molar-refractivity contribution in [2.45, 2.75) is 88.6 Å². The van der Waals surface area contributed by atoms with Crippen LogP contribution in [0.2, 0.25) is 0 Å². The van der Waals surface area contributed by atoms with Crippen LogP contribution in [0.15, 0.2) is 227 Å². The number of piperazine rings is 3. The molecule has 38 heteroatoms. The highest BCUT2D eigenvalue weighted by Crippen LogP contribution is 2.27. The minimum absolute atomic E-state index is 0.00433. The maximum absolute atomic E-state index is 13.1. The molecule has 117 heavy (non-hydrogen) atoms. The van der Waals surface area contributed by atoms with Gasteiger partial charge in [-0.25, -0.2) is 43.1 Å². The van der Waals surface area contributed by atoms with Crippen LogP contribution in [0.4, 0.5) is 37.7 Å². The van der Waals surface area contributed by atoms with E-state index in [-0.39, 0.29) is 48.1 Å². The molecule has 11 rings (SSSR count). The number of nitrogens with two attached hydrogens (primary N) is 1. The van der Waals surface area contributed by atoms with Crippen LogP contribution in [0.1, 0.15) is 72.2 Å². The van der Waals surface area contributed by atoms with Crippen LogP contribution in [-0.4, -0.2) is 182 Å². The number of sulfonamides is 3. The number of anilines is 2. The minimum Gasteiger partial charge on any atom is -0.368 e. The Morgan fingerprint density at radius 2 is 0.761 bits per heavy atom. The van der Waals surface area contributed by atoms with E-state index in [2.05, 4.69) is 60.6 Å². The Bertz CT molecular complexity index is 4910. The van der Waals surface area contributed by atoms with Gasteiger partial charge in [0.2, 0.25) is 56.8 Å². The fourth-order valence-electron chi connectivity index (χ4n) is 11.0. The van der Waals surface area contributed by atoms with Crippen LogP contribution in [0.25, 0.3) is 0 Å². The van der Waals surface area contributed by atoms with Crippen molar-refractivity contribution in [3.63, 3.8) is 0 Å². The first-order valence-electron chi connectivity index (χ1n) is 36.4. The molecule has 3 aliphatic heterocycles. The predicted molar refractivity (Wildman–Crippen MR) is 452 cm³/mol. The van der Waals surface area contributed by atoms with E-state index in [1.54, 1.807) is 122 Å². The molecule has 3 heterocycles. The molecule has 3 fully saturated rings. The summed E-state index contributed by atoms with van der Waals surface area (Å²) in [6.07, 6.45) is -4.65. The molecule has 0 saturated carbocycles. The lowest BCUT2D eigenvalue weighted by molar-refractivity contribution is -0.137. The van der Waals surface area contributed by atoms with Crippen molar-refractivity contribution in [2.24, 2.45) is 5.73 Å². The van der Waals surface area contributed by atoms with Crippen LogP contribution < -0.4 is 30.3 Å². The molecule has 0 radical (unpaired) electrons. The van der Waals surface area contributed by atoms with Crippen molar-refractivity contribution in [1.29, 1.82) is 0 Å². The van der Waals surface area contributed by atoms with Gasteiger partial charge in [0, 0.05) is 156 Å². The van der Waals surface area contributed by atoms with Crippen LogP contribution >= 0.6 is 42.5 Å². The largest absolute Gasteiger partial charge is 0.523 e. The second kappa shape index (κ2) is 49.0. The quantitative estimate of drug-likeness (QED) is 0.0200. The first kappa shape index (κ1) is 99.7. The van der Waals surface area contributed by atoms with Gasteiger partial charge in [-0.2, -0.15) is 39.1 Å². The lowest BCUT2D eigenvalue weighted by atomic mass is 10.1. The Balaban J connectivity index is 0.000000258. The van der Waals surface area contributed by atoms with Crippen molar-refractivity contribution in [2.75, 3.05) is 101 Å². The Hall–Kier alpha value is -7.89. The third-order valence-electron chi connectivity index (χ3n) is 17.1. The molecule has 0 spiro atoms. The number of hydrogen-bond donors (Lipinski definition) is 4. The number of alkyl halides is 6. The Morgan fingerprint density at radius 3 is 1.06 bits per heavy atom. The molecule has 0 aliphatic carbocycles. The maximum Gasteiger partial charge on any atom is 0.523 e. The number of amides is 3. The van der Waals surface area contributed by atoms with Gasteiger partial charge in [0.15, 0.2) is 0 Å². The van der Waals surface area contributed by atoms with E-state index >= 15 is 0 Å².